The molecule has 2 N–H and O–H groups in total. The fourth-order valence-corrected chi connectivity index (χ4v) is 5.34. The minimum absolute atomic E-state index is 0.294. The Balaban J connectivity index is 1.39. The highest BCUT2D eigenvalue weighted by atomic mass is 32.2. The van der Waals surface area contributed by atoms with E-state index in [-0.39, 0.29) is 0 Å². The zero-order valence-electron chi connectivity index (χ0n) is 19.7. The van der Waals surface area contributed by atoms with Crippen LogP contribution in [-0.2, 0) is 19.7 Å². The van der Waals surface area contributed by atoms with E-state index in [4.69, 9.17) is 0 Å². The molecule has 0 spiro atoms. The van der Waals surface area contributed by atoms with Crippen molar-refractivity contribution < 1.29 is 16.8 Å². The van der Waals surface area contributed by atoms with Gasteiger partial charge in [-0.1, -0.05) is 42.5 Å². The Bertz CT molecular complexity index is 1630. The molecule has 2 aromatic heterocycles. The maximum atomic E-state index is 11.7. The molecule has 8 heteroatoms. The van der Waals surface area contributed by atoms with E-state index in [1.807, 2.05) is 42.5 Å². The Kier molecular flexibility index (Phi) is 5.94. The Morgan fingerprint density at radius 3 is 1.11 bits per heavy atom. The molecule has 0 bridgehead atoms. The summed E-state index contributed by atoms with van der Waals surface area (Å²) in [7, 11) is -6.46. The number of nitrogens with one attached hydrogen (secondary N) is 2. The molecule has 0 fully saturated rings. The second-order valence-electron chi connectivity index (χ2n) is 8.75. The van der Waals surface area contributed by atoms with Crippen LogP contribution < -0.4 is 0 Å². The van der Waals surface area contributed by atoms with Gasteiger partial charge in [0, 0.05) is 35.3 Å². The summed E-state index contributed by atoms with van der Waals surface area (Å²) >= 11 is 0. The first kappa shape index (κ1) is 23.8. The van der Waals surface area contributed by atoms with Crippen molar-refractivity contribution in [3.63, 3.8) is 0 Å². The van der Waals surface area contributed by atoms with E-state index in [9.17, 15) is 16.8 Å². The average Bonchev–Trinajstić information content (AvgIpc) is 3.54. The average molecular weight is 517 g/mol. The lowest BCUT2D eigenvalue weighted by Crippen LogP contribution is -1.96. The normalized spacial score (nSPS) is 12.1. The maximum absolute atomic E-state index is 11.7. The number of H-pyrrole nitrogens is 2. The first-order valence-electron chi connectivity index (χ1n) is 11.2. The van der Waals surface area contributed by atoms with Crippen LogP contribution in [0.5, 0.6) is 0 Å². The monoisotopic (exact) mass is 516 g/mol. The lowest BCUT2D eigenvalue weighted by Gasteiger charge is -2.05. The van der Waals surface area contributed by atoms with Crippen molar-refractivity contribution in [3.05, 3.63) is 97.1 Å². The molecule has 0 aliphatic heterocycles. The molecule has 5 aromatic rings. The molecule has 0 saturated heterocycles. The quantitative estimate of drug-likeness (QED) is 0.297. The Morgan fingerprint density at radius 1 is 0.444 bits per heavy atom. The molecule has 6 nitrogen and oxygen atoms in total. The summed E-state index contributed by atoms with van der Waals surface area (Å²) in [6.07, 6.45) is 2.40. The second-order valence-corrected chi connectivity index (χ2v) is 12.8. The molecule has 36 heavy (non-hydrogen) atoms. The molecular formula is C28H24N2O4S2. The maximum Gasteiger partial charge on any atom is 0.175 e. The minimum Gasteiger partial charge on any atom is -0.355 e. The highest BCUT2D eigenvalue weighted by Gasteiger charge is 2.11. The van der Waals surface area contributed by atoms with Crippen LogP contribution in [0.4, 0.5) is 0 Å². The molecule has 182 valence electrons. The smallest absolute Gasteiger partial charge is 0.175 e. The fraction of sp³-hybridized carbons (Fsp3) is 0.0714. The van der Waals surface area contributed by atoms with Crippen molar-refractivity contribution in [2.75, 3.05) is 12.5 Å². The standard InChI is InChI=1S/C28H24N2O4S2/c1-35(31,32)23-10-6-19(7-11-23)25-14-16-27(29-25)21-4-3-5-22(18-21)28-17-15-26(30-28)20-8-12-24(13-9-20)36(2,33)34/h3-18,29-30H,1-2H3. The Morgan fingerprint density at radius 2 is 0.778 bits per heavy atom. The van der Waals surface area contributed by atoms with Gasteiger partial charge in [0.15, 0.2) is 19.7 Å². The number of hydrogen-bond acceptors (Lipinski definition) is 4. The number of hydrogen-bond donors (Lipinski definition) is 2. The molecule has 0 radical (unpaired) electrons. The van der Waals surface area contributed by atoms with Gasteiger partial charge in [0.1, 0.15) is 0 Å². The van der Waals surface area contributed by atoms with Crippen molar-refractivity contribution in [3.8, 4) is 45.0 Å². The van der Waals surface area contributed by atoms with E-state index in [1.54, 1.807) is 48.5 Å². The summed E-state index contributed by atoms with van der Waals surface area (Å²) in [6, 6.07) is 29.7. The van der Waals surface area contributed by atoms with Crippen LogP contribution in [-0.4, -0.2) is 39.3 Å². The lowest BCUT2D eigenvalue weighted by atomic mass is 10.1. The minimum atomic E-state index is -3.23. The summed E-state index contributed by atoms with van der Waals surface area (Å²) in [4.78, 5) is 7.43. The van der Waals surface area contributed by atoms with Gasteiger partial charge in [0.25, 0.3) is 0 Å². The number of sulfone groups is 2. The molecular weight excluding hydrogens is 492 g/mol. The Hall–Kier alpha value is -3.88. The molecule has 0 amide bonds. The third-order valence-corrected chi connectivity index (χ3v) is 8.30. The molecule has 0 saturated carbocycles. The van der Waals surface area contributed by atoms with E-state index in [0.29, 0.717) is 9.79 Å². The van der Waals surface area contributed by atoms with E-state index in [2.05, 4.69) is 16.0 Å². The van der Waals surface area contributed by atoms with Gasteiger partial charge in [-0.25, -0.2) is 16.8 Å². The summed E-state index contributed by atoms with van der Waals surface area (Å²) in [5.41, 5.74) is 7.52. The van der Waals surface area contributed by atoms with Crippen LogP contribution in [0, 0.1) is 0 Å². The molecule has 0 atom stereocenters. The summed E-state index contributed by atoms with van der Waals surface area (Å²) in [5, 5.41) is 0. The van der Waals surface area contributed by atoms with Crippen LogP contribution in [0.1, 0.15) is 0 Å². The third kappa shape index (κ3) is 4.91. The highest BCUT2D eigenvalue weighted by molar-refractivity contribution is 7.91. The topological polar surface area (TPSA) is 99.9 Å². The molecule has 5 rings (SSSR count). The fourth-order valence-electron chi connectivity index (χ4n) is 4.08. The predicted octanol–water partition coefficient (Wildman–Crippen LogP) is 5.82. The SMILES string of the molecule is CS(=O)(=O)c1ccc(-c2ccc(-c3cccc(-c4ccc(-c5ccc(S(C)(=O)=O)cc5)[nH]4)c3)[nH]2)cc1. The van der Waals surface area contributed by atoms with Gasteiger partial charge in [-0.3, -0.25) is 0 Å². The van der Waals surface area contributed by atoms with E-state index < -0.39 is 19.7 Å². The van der Waals surface area contributed by atoms with E-state index in [0.717, 1.165) is 45.0 Å². The second kappa shape index (κ2) is 8.96. The van der Waals surface area contributed by atoms with Gasteiger partial charge in [-0.05, 0) is 76.9 Å². The van der Waals surface area contributed by atoms with Crippen LogP contribution in [0.2, 0.25) is 0 Å². The largest absolute Gasteiger partial charge is 0.355 e. The molecule has 0 unspecified atom stereocenters. The van der Waals surface area contributed by atoms with Gasteiger partial charge in [-0.2, -0.15) is 0 Å². The summed E-state index contributed by atoms with van der Waals surface area (Å²) in [6.45, 7) is 0. The van der Waals surface area contributed by atoms with Crippen molar-refractivity contribution in [2.45, 2.75) is 9.79 Å². The van der Waals surface area contributed by atoms with Crippen molar-refractivity contribution in [2.24, 2.45) is 0 Å². The number of aromatic amines is 2. The number of aromatic nitrogens is 2. The van der Waals surface area contributed by atoms with E-state index in [1.165, 1.54) is 12.5 Å². The predicted molar refractivity (Wildman–Crippen MR) is 143 cm³/mol. The molecule has 3 aromatic carbocycles. The van der Waals surface area contributed by atoms with Gasteiger partial charge in [-0.15, -0.1) is 0 Å². The van der Waals surface area contributed by atoms with Crippen LogP contribution in [0.15, 0.2) is 107 Å². The molecule has 2 heterocycles. The van der Waals surface area contributed by atoms with E-state index >= 15 is 0 Å². The Labute approximate surface area is 210 Å². The van der Waals surface area contributed by atoms with Gasteiger partial charge in [0.2, 0.25) is 0 Å². The van der Waals surface area contributed by atoms with Crippen LogP contribution in [0.3, 0.4) is 0 Å². The zero-order chi connectivity index (χ0) is 25.5. The highest BCUT2D eigenvalue weighted by Crippen LogP contribution is 2.30. The number of benzene rings is 3. The zero-order valence-corrected chi connectivity index (χ0v) is 21.3. The summed E-state index contributed by atoms with van der Waals surface area (Å²) < 4.78 is 46.9. The first-order valence-corrected chi connectivity index (χ1v) is 15.0. The molecule has 0 aliphatic rings. The van der Waals surface area contributed by atoms with Crippen molar-refractivity contribution in [1.29, 1.82) is 0 Å². The van der Waals surface area contributed by atoms with Gasteiger partial charge in [0.05, 0.1) is 9.79 Å². The number of rotatable bonds is 6. The third-order valence-electron chi connectivity index (χ3n) is 6.04. The molecule has 0 aliphatic carbocycles. The van der Waals surface area contributed by atoms with Crippen LogP contribution >= 0.6 is 0 Å². The van der Waals surface area contributed by atoms with Crippen molar-refractivity contribution in [1.82, 2.24) is 9.97 Å². The lowest BCUT2D eigenvalue weighted by molar-refractivity contribution is 0.600. The van der Waals surface area contributed by atoms with Crippen molar-refractivity contribution >= 4 is 19.7 Å². The van der Waals surface area contributed by atoms with Gasteiger partial charge >= 0.3 is 0 Å². The van der Waals surface area contributed by atoms with Crippen LogP contribution in [0.25, 0.3) is 45.0 Å². The first-order chi connectivity index (χ1) is 17.1. The van der Waals surface area contributed by atoms with Gasteiger partial charge < -0.3 is 9.97 Å². The summed E-state index contributed by atoms with van der Waals surface area (Å²) in [5.74, 6) is 0.